The van der Waals surface area contributed by atoms with E-state index in [2.05, 4.69) is 18.2 Å². The van der Waals surface area contributed by atoms with E-state index in [0.29, 0.717) is 5.92 Å². The molecule has 103 valence electrons. The quantitative estimate of drug-likeness (QED) is 0.751. The third-order valence-corrected chi connectivity index (χ3v) is 4.31. The topological polar surface area (TPSA) is 9.23 Å². The summed E-state index contributed by atoms with van der Waals surface area (Å²) in [7, 11) is 0. The summed E-state index contributed by atoms with van der Waals surface area (Å²) >= 11 is 0. The van der Waals surface area contributed by atoms with Gasteiger partial charge in [-0.2, -0.15) is 0 Å². The lowest BCUT2D eigenvalue weighted by molar-refractivity contribution is 0.246. The summed E-state index contributed by atoms with van der Waals surface area (Å²) in [5, 5.41) is 0. The van der Waals surface area contributed by atoms with Crippen LogP contribution in [-0.2, 0) is 0 Å². The third kappa shape index (κ3) is 3.22. The first-order chi connectivity index (χ1) is 9.93. The van der Waals surface area contributed by atoms with Crippen molar-refractivity contribution in [1.82, 2.24) is 0 Å². The van der Waals surface area contributed by atoms with E-state index in [-0.39, 0.29) is 0 Å². The van der Waals surface area contributed by atoms with Crippen LogP contribution in [0.15, 0.2) is 54.6 Å². The number of rotatable bonds is 5. The van der Waals surface area contributed by atoms with Crippen molar-refractivity contribution in [3.05, 3.63) is 66.2 Å². The lowest BCUT2D eigenvalue weighted by Gasteiger charge is -2.24. The maximum absolute atomic E-state index is 6.02. The summed E-state index contributed by atoms with van der Waals surface area (Å²) in [5.41, 5.74) is 1.39. The van der Waals surface area contributed by atoms with Gasteiger partial charge in [0.1, 0.15) is 5.75 Å². The van der Waals surface area contributed by atoms with Crippen molar-refractivity contribution in [2.75, 3.05) is 6.61 Å². The Morgan fingerprint density at radius 3 is 2.40 bits per heavy atom. The Bertz CT molecular complexity index is 500. The highest BCUT2D eigenvalue weighted by atomic mass is 16.5. The van der Waals surface area contributed by atoms with Crippen LogP contribution in [0.5, 0.6) is 5.75 Å². The molecule has 2 aromatic rings. The molecule has 0 amide bonds. The minimum atomic E-state index is 0.507. The van der Waals surface area contributed by atoms with E-state index in [1.165, 1.54) is 31.2 Å². The van der Waals surface area contributed by atoms with Gasteiger partial charge in [-0.1, -0.05) is 55.3 Å². The van der Waals surface area contributed by atoms with E-state index >= 15 is 0 Å². The number of hydrogen-bond donors (Lipinski definition) is 0. The zero-order valence-electron chi connectivity index (χ0n) is 11.8. The van der Waals surface area contributed by atoms with Crippen LogP contribution >= 0.6 is 0 Å². The first-order valence-corrected chi connectivity index (χ1v) is 7.57. The molecule has 3 rings (SSSR count). The van der Waals surface area contributed by atoms with Gasteiger partial charge in [0.25, 0.3) is 0 Å². The minimum Gasteiger partial charge on any atom is -0.493 e. The first kappa shape index (κ1) is 13.2. The van der Waals surface area contributed by atoms with Crippen molar-refractivity contribution < 1.29 is 4.74 Å². The highest BCUT2D eigenvalue weighted by Crippen LogP contribution is 2.37. The molecule has 2 aromatic carbocycles. The number of hydrogen-bond acceptors (Lipinski definition) is 1. The van der Waals surface area contributed by atoms with Crippen LogP contribution < -0.4 is 4.74 Å². The Balaban J connectivity index is 1.72. The summed E-state index contributed by atoms with van der Waals surface area (Å²) in [5.74, 6) is 2.24. The summed E-state index contributed by atoms with van der Waals surface area (Å²) in [6.45, 7) is 0.776. The van der Waals surface area contributed by atoms with Gasteiger partial charge in [0.2, 0.25) is 0 Å². The third-order valence-electron chi connectivity index (χ3n) is 4.31. The molecule has 1 radical (unpaired) electrons. The SMILES string of the molecule is [c]1ccc(C(COc2ccccc2)C2CCCC2)cc1. The standard InChI is InChI=1S/C19H21O/c1-3-9-16(10-4-1)19(17-11-7-8-12-17)15-20-18-13-5-2-6-14-18/h2-6,9-10,13-14,17,19H,7-8,11-12,15H2. The Morgan fingerprint density at radius 2 is 1.70 bits per heavy atom. The Kier molecular flexibility index (Phi) is 4.37. The van der Waals surface area contributed by atoms with Crippen LogP contribution in [0.4, 0.5) is 0 Å². The van der Waals surface area contributed by atoms with E-state index in [9.17, 15) is 0 Å². The molecule has 1 unspecified atom stereocenters. The molecular formula is C19H21O. The lowest BCUT2D eigenvalue weighted by atomic mass is 9.85. The Labute approximate surface area is 121 Å². The van der Waals surface area contributed by atoms with Gasteiger partial charge in [0, 0.05) is 5.92 Å². The van der Waals surface area contributed by atoms with Crippen LogP contribution in [0.3, 0.4) is 0 Å². The number of para-hydroxylation sites is 1. The Morgan fingerprint density at radius 1 is 1.00 bits per heavy atom. The monoisotopic (exact) mass is 265 g/mol. The predicted molar refractivity (Wildman–Crippen MR) is 81.9 cm³/mol. The molecule has 1 aliphatic rings. The largest absolute Gasteiger partial charge is 0.493 e. The maximum atomic E-state index is 6.02. The van der Waals surface area contributed by atoms with Crippen molar-refractivity contribution in [3.8, 4) is 5.75 Å². The normalized spacial score (nSPS) is 17.0. The molecule has 0 aromatic heterocycles. The zero-order valence-corrected chi connectivity index (χ0v) is 11.8. The minimum absolute atomic E-state index is 0.507. The fourth-order valence-corrected chi connectivity index (χ4v) is 3.21. The summed E-state index contributed by atoms with van der Waals surface area (Å²) in [4.78, 5) is 0. The number of benzene rings is 2. The molecular weight excluding hydrogens is 244 g/mol. The highest BCUT2D eigenvalue weighted by Gasteiger charge is 2.26. The zero-order chi connectivity index (χ0) is 13.6. The molecule has 1 fully saturated rings. The molecule has 1 heteroatoms. The van der Waals surface area contributed by atoms with Gasteiger partial charge >= 0.3 is 0 Å². The molecule has 1 atom stereocenters. The molecule has 0 bridgehead atoms. The average molecular weight is 265 g/mol. The van der Waals surface area contributed by atoms with Gasteiger partial charge < -0.3 is 4.74 Å². The first-order valence-electron chi connectivity index (χ1n) is 7.57. The molecule has 0 spiro atoms. The smallest absolute Gasteiger partial charge is 0.119 e. The molecule has 0 heterocycles. The molecule has 0 saturated heterocycles. The van der Waals surface area contributed by atoms with E-state index in [4.69, 9.17) is 4.74 Å². The number of ether oxygens (including phenoxy) is 1. The van der Waals surface area contributed by atoms with Crippen LogP contribution in [-0.4, -0.2) is 6.61 Å². The lowest BCUT2D eigenvalue weighted by Crippen LogP contribution is -2.18. The van der Waals surface area contributed by atoms with Crippen molar-refractivity contribution >= 4 is 0 Å². The van der Waals surface area contributed by atoms with E-state index in [1.807, 2.05) is 42.5 Å². The molecule has 20 heavy (non-hydrogen) atoms. The van der Waals surface area contributed by atoms with E-state index in [0.717, 1.165) is 18.3 Å². The van der Waals surface area contributed by atoms with E-state index in [1.54, 1.807) is 0 Å². The molecule has 0 aliphatic heterocycles. The highest BCUT2D eigenvalue weighted by molar-refractivity contribution is 5.23. The van der Waals surface area contributed by atoms with Crippen LogP contribution in [0.2, 0.25) is 0 Å². The predicted octanol–water partition coefficient (Wildman–Crippen LogP) is 4.84. The Hall–Kier alpha value is -1.76. The molecule has 0 N–H and O–H groups in total. The second-order valence-electron chi connectivity index (χ2n) is 5.61. The second kappa shape index (κ2) is 6.60. The van der Waals surface area contributed by atoms with Crippen molar-refractivity contribution in [2.24, 2.45) is 5.92 Å². The van der Waals surface area contributed by atoms with Gasteiger partial charge in [0.05, 0.1) is 6.61 Å². The molecule has 1 aliphatic carbocycles. The average Bonchev–Trinajstić information content (AvgIpc) is 3.04. The van der Waals surface area contributed by atoms with Crippen molar-refractivity contribution in [1.29, 1.82) is 0 Å². The fourth-order valence-electron chi connectivity index (χ4n) is 3.21. The summed E-state index contributed by atoms with van der Waals surface area (Å²) < 4.78 is 6.02. The van der Waals surface area contributed by atoms with Gasteiger partial charge in [0.15, 0.2) is 0 Å². The second-order valence-corrected chi connectivity index (χ2v) is 5.61. The van der Waals surface area contributed by atoms with Crippen molar-refractivity contribution in [3.63, 3.8) is 0 Å². The molecule has 1 saturated carbocycles. The van der Waals surface area contributed by atoms with Crippen LogP contribution in [0.25, 0.3) is 0 Å². The molecule has 1 nitrogen and oxygen atoms in total. The van der Waals surface area contributed by atoms with Crippen LogP contribution in [0, 0.1) is 12.0 Å². The summed E-state index contributed by atoms with van der Waals surface area (Å²) in [6.07, 6.45) is 5.40. The van der Waals surface area contributed by atoms with Gasteiger partial charge in [-0.15, -0.1) is 0 Å². The van der Waals surface area contributed by atoms with Gasteiger partial charge in [-0.05, 0) is 42.5 Å². The van der Waals surface area contributed by atoms with Gasteiger partial charge in [-0.3, -0.25) is 0 Å². The van der Waals surface area contributed by atoms with Crippen LogP contribution in [0.1, 0.15) is 37.2 Å². The maximum Gasteiger partial charge on any atom is 0.119 e. The fraction of sp³-hybridized carbons (Fsp3) is 0.368. The van der Waals surface area contributed by atoms with Gasteiger partial charge in [-0.25, -0.2) is 0 Å². The summed E-state index contributed by atoms with van der Waals surface area (Å²) in [6, 6.07) is 21.7. The van der Waals surface area contributed by atoms with E-state index < -0.39 is 0 Å². The van der Waals surface area contributed by atoms with Crippen molar-refractivity contribution in [2.45, 2.75) is 31.6 Å².